The van der Waals surface area contributed by atoms with Gasteiger partial charge in [-0.2, -0.15) is 5.26 Å². The highest BCUT2D eigenvalue weighted by molar-refractivity contribution is 6.34. The number of ether oxygens (including phenoxy) is 1. The van der Waals surface area contributed by atoms with E-state index >= 15 is 0 Å². The van der Waals surface area contributed by atoms with Crippen LogP contribution in [0, 0.1) is 11.3 Å². The molecule has 2 aromatic rings. The summed E-state index contributed by atoms with van der Waals surface area (Å²) >= 11 is 6.16. The Labute approximate surface area is 166 Å². The number of hydrogen-bond donors (Lipinski definition) is 1. The first-order valence-corrected chi connectivity index (χ1v) is 8.93. The molecule has 0 bridgehead atoms. The van der Waals surface area contributed by atoms with Crippen molar-refractivity contribution in [1.82, 2.24) is 0 Å². The highest BCUT2D eigenvalue weighted by atomic mass is 35.5. The molecule has 28 heavy (non-hydrogen) atoms. The van der Waals surface area contributed by atoms with Crippen molar-refractivity contribution in [1.29, 1.82) is 5.26 Å². The van der Waals surface area contributed by atoms with Crippen LogP contribution >= 0.6 is 11.6 Å². The number of nitrogens with zero attached hydrogens (tertiary/aromatic N) is 2. The lowest BCUT2D eigenvalue weighted by atomic mass is 10.2. The lowest BCUT2D eigenvalue weighted by Gasteiger charge is -2.18. The Hall–Kier alpha value is -3.37. The molecule has 0 saturated carbocycles. The Bertz CT molecular complexity index is 966. The number of halogens is 1. The number of nitrogens with one attached hydrogen (secondary N) is 1. The van der Waals surface area contributed by atoms with Crippen LogP contribution in [0.25, 0.3) is 0 Å². The molecule has 1 aliphatic rings. The fraction of sp³-hybridized carbons (Fsp3) is 0.200. The average Bonchev–Trinajstić information content (AvgIpc) is 3.13. The largest absolute Gasteiger partial charge is 0.452 e. The Morgan fingerprint density at radius 2 is 1.96 bits per heavy atom. The average molecular weight is 398 g/mol. The highest BCUT2D eigenvalue weighted by Gasteiger charge is 2.24. The third-order valence-corrected chi connectivity index (χ3v) is 4.50. The number of hydrogen-bond acceptors (Lipinski definition) is 5. The van der Waals surface area contributed by atoms with Gasteiger partial charge in [0.1, 0.15) is 0 Å². The van der Waals surface area contributed by atoms with E-state index in [1.165, 1.54) is 23.1 Å². The number of amides is 2. The molecule has 0 aliphatic carbocycles. The fourth-order valence-electron chi connectivity index (χ4n) is 2.79. The van der Waals surface area contributed by atoms with Gasteiger partial charge in [-0.3, -0.25) is 9.59 Å². The topological polar surface area (TPSA) is 99.5 Å². The standard InChI is InChI=1S/C20H16ClN3O4/c21-16-8-5-14(10-17(16)24-9-1-2-19(24)26)20(27)28-12-18(25)23-15-6-3-13(11-22)4-7-15/h3-8,10H,1-2,9,12H2,(H,23,25). The van der Waals surface area contributed by atoms with Crippen molar-refractivity contribution in [3.63, 3.8) is 0 Å². The maximum atomic E-state index is 12.3. The van der Waals surface area contributed by atoms with Crippen molar-refractivity contribution in [2.24, 2.45) is 0 Å². The van der Waals surface area contributed by atoms with Crippen LogP contribution in [-0.4, -0.2) is 30.9 Å². The van der Waals surface area contributed by atoms with Gasteiger partial charge in [0.25, 0.3) is 5.91 Å². The number of carbonyl (C=O) groups is 3. The van der Waals surface area contributed by atoms with Gasteiger partial charge in [-0.15, -0.1) is 0 Å². The van der Waals surface area contributed by atoms with E-state index in [2.05, 4.69) is 5.32 Å². The van der Waals surface area contributed by atoms with Crippen molar-refractivity contribution in [3.05, 3.63) is 58.6 Å². The second kappa shape index (κ2) is 8.55. The predicted octanol–water partition coefficient (Wildman–Crippen LogP) is 3.13. The molecule has 0 radical (unpaired) electrons. The molecule has 1 saturated heterocycles. The van der Waals surface area contributed by atoms with E-state index < -0.39 is 18.5 Å². The summed E-state index contributed by atoms with van der Waals surface area (Å²) in [5.74, 6) is -1.25. The first-order chi connectivity index (χ1) is 13.5. The van der Waals surface area contributed by atoms with Crippen molar-refractivity contribution in [2.75, 3.05) is 23.4 Å². The molecule has 142 valence electrons. The van der Waals surface area contributed by atoms with E-state index in [1.807, 2.05) is 6.07 Å². The van der Waals surface area contributed by atoms with Crippen molar-refractivity contribution < 1.29 is 19.1 Å². The van der Waals surface area contributed by atoms with E-state index in [4.69, 9.17) is 21.6 Å². The maximum Gasteiger partial charge on any atom is 0.338 e. The molecule has 8 heteroatoms. The molecule has 1 aliphatic heterocycles. The summed E-state index contributed by atoms with van der Waals surface area (Å²) in [4.78, 5) is 37.7. The molecule has 0 unspecified atom stereocenters. The molecule has 1 heterocycles. The van der Waals surface area contributed by atoms with Gasteiger partial charge in [0.15, 0.2) is 6.61 Å². The van der Waals surface area contributed by atoms with Gasteiger partial charge < -0.3 is 15.0 Å². The number of anilines is 2. The Balaban J connectivity index is 1.60. The summed E-state index contributed by atoms with van der Waals surface area (Å²) in [5.41, 5.74) is 1.62. The van der Waals surface area contributed by atoms with Crippen LogP contribution in [-0.2, 0) is 14.3 Å². The first-order valence-electron chi connectivity index (χ1n) is 8.55. The van der Waals surface area contributed by atoms with Crippen molar-refractivity contribution in [2.45, 2.75) is 12.8 Å². The SMILES string of the molecule is N#Cc1ccc(NC(=O)COC(=O)c2ccc(Cl)c(N3CCCC3=O)c2)cc1. The number of rotatable bonds is 5. The molecule has 1 N–H and O–H groups in total. The van der Waals surface area contributed by atoms with Crippen molar-refractivity contribution >= 4 is 40.8 Å². The summed E-state index contributed by atoms with van der Waals surface area (Å²) < 4.78 is 5.04. The van der Waals surface area contributed by atoms with E-state index in [-0.39, 0.29) is 11.5 Å². The number of nitriles is 1. The normalized spacial score (nSPS) is 13.1. The van der Waals surface area contributed by atoms with Gasteiger partial charge in [0.2, 0.25) is 5.91 Å². The maximum absolute atomic E-state index is 12.3. The van der Waals surface area contributed by atoms with E-state index in [1.54, 1.807) is 24.3 Å². The molecular weight excluding hydrogens is 382 g/mol. The van der Waals surface area contributed by atoms with Gasteiger partial charge >= 0.3 is 5.97 Å². The highest BCUT2D eigenvalue weighted by Crippen LogP contribution is 2.30. The van der Waals surface area contributed by atoms with Gasteiger partial charge in [0.05, 0.1) is 27.9 Å². The molecule has 7 nitrogen and oxygen atoms in total. The third kappa shape index (κ3) is 4.48. The van der Waals surface area contributed by atoms with Crippen LogP contribution in [0.4, 0.5) is 11.4 Å². The number of carbonyl (C=O) groups excluding carboxylic acids is 3. The van der Waals surface area contributed by atoms with Crippen LogP contribution in [0.2, 0.25) is 5.02 Å². The van der Waals surface area contributed by atoms with Gasteiger partial charge in [-0.05, 0) is 48.9 Å². The Morgan fingerprint density at radius 1 is 1.21 bits per heavy atom. The lowest BCUT2D eigenvalue weighted by molar-refractivity contribution is -0.119. The van der Waals surface area contributed by atoms with Gasteiger partial charge in [0, 0.05) is 18.7 Å². The summed E-state index contributed by atoms with van der Waals surface area (Å²) in [6, 6.07) is 12.8. The lowest BCUT2D eigenvalue weighted by Crippen LogP contribution is -2.24. The third-order valence-electron chi connectivity index (χ3n) is 4.18. The zero-order valence-corrected chi connectivity index (χ0v) is 15.5. The minimum absolute atomic E-state index is 0.0470. The van der Waals surface area contributed by atoms with Crippen LogP contribution in [0.5, 0.6) is 0 Å². The van der Waals surface area contributed by atoms with Crippen LogP contribution in [0.1, 0.15) is 28.8 Å². The minimum atomic E-state index is -0.695. The summed E-state index contributed by atoms with van der Waals surface area (Å²) in [7, 11) is 0. The van der Waals surface area contributed by atoms with E-state index in [0.717, 1.165) is 6.42 Å². The molecular formula is C20H16ClN3O4. The Kier molecular flexibility index (Phi) is 5.92. The number of esters is 1. The zero-order chi connectivity index (χ0) is 20.1. The second-order valence-corrected chi connectivity index (χ2v) is 6.54. The van der Waals surface area contributed by atoms with Gasteiger partial charge in [-0.1, -0.05) is 11.6 Å². The predicted molar refractivity (Wildman–Crippen MR) is 103 cm³/mol. The van der Waals surface area contributed by atoms with Crippen LogP contribution in [0.3, 0.4) is 0 Å². The number of benzene rings is 2. The first kappa shape index (κ1) is 19.4. The summed E-state index contributed by atoms with van der Waals surface area (Å²) in [6.45, 7) is 0.0729. The van der Waals surface area contributed by atoms with Crippen LogP contribution in [0.15, 0.2) is 42.5 Å². The zero-order valence-electron chi connectivity index (χ0n) is 14.8. The fourth-order valence-corrected chi connectivity index (χ4v) is 3.01. The monoisotopic (exact) mass is 397 g/mol. The van der Waals surface area contributed by atoms with Crippen LogP contribution < -0.4 is 10.2 Å². The molecule has 0 spiro atoms. The molecule has 1 fully saturated rings. The quantitative estimate of drug-likeness (QED) is 0.781. The molecule has 2 amide bonds. The van der Waals surface area contributed by atoms with Gasteiger partial charge in [-0.25, -0.2) is 4.79 Å². The molecule has 0 aromatic heterocycles. The Morgan fingerprint density at radius 3 is 2.61 bits per heavy atom. The summed E-state index contributed by atoms with van der Waals surface area (Å²) in [5, 5.41) is 11.7. The minimum Gasteiger partial charge on any atom is -0.452 e. The smallest absolute Gasteiger partial charge is 0.338 e. The van der Waals surface area contributed by atoms with Crippen molar-refractivity contribution in [3.8, 4) is 6.07 Å². The second-order valence-electron chi connectivity index (χ2n) is 6.13. The molecule has 2 aromatic carbocycles. The molecule has 0 atom stereocenters. The molecule has 3 rings (SSSR count). The van der Waals surface area contributed by atoms with E-state index in [9.17, 15) is 14.4 Å². The summed E-state index contributed by atoms with van der Waals surface area (Å²) in [6.07, 6.45) is 1.18. The van der Waals surface area contributed by atoms with E-state index in [0.29, 0.717) is 34.9 Å².